The third kappa shape index (κ3) is 2.98. The van der Waals surface area contributed by atoms with E-state index >= 15 is 0 Å². The van der Waals surface area contributed by atoms with E-state index in [0.717, 1.165) is 18.5 Å². The molecule has 0 radical (unpaired) electrons. The van der Waals surface area contributed by atoms with Crippen molar-refractivity contribution >= 4 is 27.3 Å². The van der Waals surface area contributed by atoms with Crippen molar-refractivity contribution in [2.45, 2.75) is 38.3 Å². The minimum Gasteiger partial charge on any atom is -0.309 e. The highest BCUT2D eigenvalue weighted by atomic mass is 79.9. The minimum atomic E-state index is 0.467. The number of hydrogen-bond donors (Lipinski definition) is 1. The zero-order chi connectivity index (χ0) is 12.5. The van der Waals surface area contributed by atoms with Crippen molar-refractivity contribution in [3.63, 3.8) is 0 Å². The zero-order valence-electron chi connectivity index (χ0n) is 10.9. The molecule has 100 valence electrons. The Labute approximate surface area is 122 Å². The second kappa shape index (κ2) is 5.61. The summed E-state index contributed by atoms with van der Waals surface area (Å²) in [5.74, 6) is 0.854. The molecule has 2 unspecified atom stereocenters. The Bertz CT molecular complexity index is 402. The summed E-state index contributed by atoms with van der Waals surface area (Å²) in [4.78, 5) is 4.12. The lowest BCUT2D eigenvalue weighted by atomic mass is 10.1. The molecular weight excluding hydrogens is 308 g/mol. The lowest BCUT2D eigenvalue weighted by molar-refractivity contribution is 0.310. The lowest BCUT2D eigenvalue weighted by Gasteiger charge is -2.18. The van der Waals surface area contributed by atoms with Crippen molar-refractivity contribution in [2.24, 2.45) is 5.92 Å². The van der Waals surface area contributed by atoms with Gasteiger partial charge in [-0.3, -0.25) is 0 Å². The number of halogens is 1. The largest absolute Gasteiger partial charge is 0.309 e. The second-order valence-corrected chi connectivity index (χ2v) is 7.45. The number of nitrogens with one attached hydrogen (secondary N) is 1. The molecule has 3 rings (SSSR count). The molecule has 1 aliphatic heterocycles. The quantitative estimate of drug-likeness (QED) is 0.887. The lowest BCUT2D eigenvalue weighted by Crippen LogP contribution is -2.29. The van der Waals surface area contributed by atoms with E-state index in [1.165, 1.54) is 41.7 Å². The van der Waals surface area contributed by atoms with E-state index in [2.05, 4.69) is 44.5 Å². The maximum Gasteiger partial charge on any atom is 0.0397 e. The number of rotatable bonds is 5. The van der Waals surface area contributed by atoms with Crippen molar-refractivity contribution < 1.29 is 0 Å². The molecule has 0 amide bonds. The topological polar surface area (TPSA) is 15.3 Å². The normalized spacial score (nSPS) is 26.7. The van der Waals surface area contributed by atoms with Crippen LogP contribution in [0.4, 0.5) is 0 Å². The molecule has 18 heavy (non-hydrogen) atoms. The van der Waals surface area contributed by atoms with E-state index in [9.17, 15) is 0 Å². The van der Waals surface area contributed by atoms with Gasteiger partial charge in [0.15, 0.2) is 0 Å². The Hall–Kier alpha value is 0.100. The number of nitrogens with zero attached hydrogens (tertiary/aromatic N) is 1. The van der Waals surface area contributed by atoms with Crippen molar-refractivity contribution in [1.29, 1.82) is 0 Å². The third-order valence-corrected chi connectivity index (χ3v) is 6.18. The molecule has 2 heterocycles. The highest BCUT2D eigenvalue weighted by molar-refractivity contribution is 9.10. The van der Waals surface area contributed by atoms with Gasteiger partial charge in [-0.25, -0.2) is 0 Å². The SMILES string of the molecule is CC(NCC1CCN(C2CC2)C1)c1sccc1Br. The van der Waals surface area contributed by atoms with Crippen molar-refractivity contribution in [3.05, 3.63) is 20.8 Å². The van der Waals surface area contributed by atoms with E-state index in [4.69, 9.17) is 0 Å². The van der Waals surface area contributed by atoms with E-state index in [0.29, 0.717) is 6.04 Å². The standard InChI is InChI=1S/C14H21BrN2S/c1-10(14-13(15)5-7-18-14)16-8-11-4-6-17(9-11)12-2-3-12/h5,7,10-12,16H,2-4,6,8-9H2,1H3. The predicted molar refractivity (Wildman–Crippen MR) is 81.1 cm³/mol. The summed E-state index contributed by atoms with van der Waals surface area (Å²) in [7, 11) is 0. The van der Waals surface area contributed by atoms with Gasteiger partial charge in [-0.2, -0.15) is 0 Å². The molecule has 4 heteroatoms. The van der Waals surface area contributed by atoms with Crippen LogP contribution in [-0.4, -0.2) is 30.6 Å². The summed E-state index contributed by atoms with van der Waals surface area (Å²) < 4.78 is 1.25. The first-order valence-electron chi connectivity index (χ1n) is 6.94. The predicted octanol–water partition coefficient (Wildman–Crippen LogP) is 3.65. The first kappa shape index (κ1) is 13.1. The molecule has 0 spiro atoms. The summed E-state index contributed by atoms with van der Waals surface area (Å²) in [6, 6.07) is 3.55. The van der Waals surface area contributed by atoms with Crippen LogP contribution in [0.3, 0.4) is 0 Å². The molecule has 1 aromatic heterocycles. The third-order valence-electron chi connectivity index (χ3n) is 4.13. The molecule has 2 aliphatic rings. The number of hydrogen-bond acceptors (Lipinski definition) is 3. The van der Waals surface area contributed by atoms with E-state index in [-0.39, 0.29) is 0 Å². The van der Waals surface area contributed by atoms with Crippen LogP contribution < -0.4 is 5.32 Å². The molecule has 0 bridgehead atoms. The fourth-order valence-electron chi connectivity index (χ4n) is 2.85. The maximum atomic E-state index is 3.70. The van der Waals surface area contributed by atoms with Crippen LogP contribution in [0.15, 0.2) is 15.9 Å². The van der Waals surface area contributed by atoms with Gasteiger partial charge in [-0.1, -0.05) is 0 Å². The van der Waals surface area contributed by atoms with Crippen LogP contribution in [0.1, 0.15) is 37.1 Å². The molecule has 1 aliphatic carbocycles. The molecular formula is C14H21BrN2S. The summed E-state index contributed by atoms with van der Waals surface area (Å²) in [5.41, 5.74) is 0. The first-order valence-corrected chi connectivity index (χ1v) is 8.61. The minimum absolute atomic E-state index is 0.467. The van der Waals surface area contributed by atoms with E-state index in [1.54, 1.807) is 0 Å². The van der Waals surface area contributed by atoms with Gasteiger partial charge in [-0.15, -0.1) is 11.3 Å². The molecule has 2 fully saturated rings. The zero-order valence-corrected chi connectivity index (χ0v) is 13.3. The fraction of sp³-hybridized carbons (Fsp3) is 0.714. The fourth-order valence-corrected chi connectivity index (χ4v) is 4.60. The molecule has 1 saturated carbocycles. The Kier molecular flexibility index (Phi) is 4.09. The monoisotopic (exact) mass is 328 g/mol. The maximum absolute atomic E-state index is 3.70. The van der Waals surface area contributed by atoms with Crippen LogP contribution in [0.2, 0.25) is 0 Å². The van der Waals surface area contributed by atoms with Crippen molar-refractivity contribution in [1.82, 2.24) is 10.2 Å². The molecule has 2 atom stereocenters. The van der Waals surface area contributed by atoms with Gasteiger partial charge in [0, 0.05) is 28.0 Å². The highest BCUT2D eigenvalue weighted by Crippen LogP contribution is 2.32. The summed E-state index contributed by atoms with van der Waals surface area (Å²) in [5, 5.41) is 5.86. The van der Waals surface area contributed by atoms with Gasteiger partial charge >= 0.3 is 0 Å². The van der Waals surface area contributed by atoms with Gasteiger partial charge in [0.25, 0.3) is 0 Å². The van der Waals surface area contributed by atoms with Gasteiger partial charge in [0.1, 0.15) is 0 Å². The van der Waals surface area contributed by atoms with Gasteiger partial charge < -0.3 is 10.2 Å². The van der Waals surface area contributed by atoms with E-state index < -0.39 is 0 Å². The van der Waals surface area contributed by atoms with Gasteiger partial charge in [-0.05, 0) is 72.6 Å². The van der Waals surface area contributed by atoms with Crippen molar-refractivity contribution in [2.75, 3.05) is 19.6 Å². The average molecular weight is 329 g/mol. The Morgan fingerprint density at radius 1 is 1.50 bits per heavy atom. The number of thiophene rings is 1. The Morgan fingerprint density at radius 2 is 2.33 bits per heavy atom. The van der Waals surface area contributed by atoms with Crippen molar-refractivity contribution in [3.8, 4) is 0 Å². The summed E-state index contributed by atoms with van der Waals surface area (Å²) >= 11 is 5.46. The van der Waals surface area contributed by atoms with Crippen LogP contribution in [0.5, 0.6) is 0 Å². The molecule has 0 aromatic carbocycles. The molecule has 2 nitrogen and oxygen atoms in total. The number of likely N-dealkylation sites (tertiary alicyclic amines) is 1. The highest BCUT2D eigenvalue weighted by Gasteiger charge is 2.34. The smallest absolute Gasteiger partial charge is 0.0397 e. The summed E-state index contributed by atoms with van der Waals surface area (Å²) in [6.45, 7) is 6.07. The van der Waals surface area contributed by atoms with E-state index in [1.807, 2.05) is 11.3 Å². The molecule has 1 saturated heterocycles. The van der Waals surface area contributed by atoms with Gasteiger partial charge in [0.05, 0.1) is 0 Å². The summed E-state index contributed by atoms with van der Waals surface area (Å²) in [6.07, 6.45) is 4.26. The first-order chi connectivity index (χ1) is 8.74. The van der Waals surface area contributed by atoms with Crippen LogP contribution in [-0.2, 0) is 0 Å². The molecule has 1 aromatic rings. The van der Waals surface area contributed by atoms with Gasteiger partial charge in [0.2, 0.25) is 0 Å². The molecule has 1 N–H and O–H groups in total. The Balaban J connectivity index is 1.45. The average Bonchev–Trinajstić information content (AvgIpc) is 2.95. The van der Waals surface area contributed by atoms with Crippen LogP contribution >= 0.6 is 27.3 Å². The van der Waals surface area contributed by atoms with Crippen LogP contribution in [0, 0.1) is 5.92 Å². The Morgan fingerprint density at radius 3 is 3.00 bits per heavy atom. The second-order valence-electron chi connectivity index (χ2n) is 5.64. The van der Waals surface area contributed by atoms with Crippen LogP contribution in [0.25, 0.3) is 0 Å².